The number of rotatable bonds is 3. The molecule has 1 aliphatic heterocycles. The quantitative estimate of drug-likeness (QED) is 0.680. The monoisotopic (exact) mass is 187 g/mol. The molecule has 0 unspecified atom stereocenters. The summed E-state index contributed by atoms with van der Waals surface area (Å²) in [4.78, 5) is 2.26. The van der Waals surface area contributed by atoms with E-state index in [0.717, 1.165) is 32.4 Å². The normalized spacial score (nSPS) is 33.2. The highest BCUT2D eigenvalue weighted by Crippen LogP contribution is 2.17. The van der Waals surface area contributed by atoms with Gasteiger partial charge in [0.25, 0.3) is 0 Å². The largest absolute Gasteiger partial charge is 0.393 e. The third kappa shape index (κ3) is 3.25. The van der Waals surface area contributed by atoms with E-state index >= 15 is 0 Å². The molecular formula is C10H21NO2. The Morgan fingerprint density at radius 2 is 2.23 bits per heavy atom. The molecule has 0 aromatic carbocycles. The number of nitrogens with zero attached hydrogens (tertiary/aromatic N) is 1. The zero-order chi connectivity index (χ0) is 9.84. The predicted molar refractivity (Wildman–Crippen MR) is 52.6 cm³/mol. The van der Waals surface area contributed by atoms with Crippen LogP contribution in [-0.4, -0.2) is 46.5 Å². The van der Waals surface area contributed by atoms with Gasteiger partial charge in [0.2, 0.25) is 0 Å². The van der Waals surface area contributed by atoms with Crippen LogP contribution in [0.1, 0.15) is 33.1 Å². The lowest BCUT2D eigenvalue weighted by Crippen LogP contribution is -2.45. The number of hydrogen-bond donors (Lipinski definition) is 2. The van der Waals surface area contributed by atoms with E-state index in [2.05, 4.69) is 11.8 Å². The molecule has 0 aliphatic carbocycles. The standard InChI is InChI=1S/C10H21NO2/c1-3-9(12)7-11-5-4-10(13)6-8(11)2/h8-10,12-13H,3-7H2,1-2H3/t8-,9-,10-/m0/s1. The third-order valence-electron chi connectivity index (χ3n) is 2.90. The molecule has 0 aromatic heterocycles. The number of aliphatic hydroxyl groups is 2. The second-order valence-electron chi connectivity index (χ2n) is 4.08. The summed E-state index contributed by atoms with van der Waals surface area (Å²) in [6.45, 7) is 5.78. The van der Waals surface area contributed by atoms with Gasteiger partial charge in [-0.3, -0.25) is 4.90 Å². The second-order valence-corrected chi connectivity index (χ2v) is 4.08. The fourth-order valence-corrected chi connectivity index (χ4v) is 1.87. The first-order valence-electron chi connectivity index (χ1n) is 5.23. The Kier molecular flexibility index (Phi) is 4.16. The lowest BCUT2D eigenvalue weighted by atomic mass is 10.0. The van der Waals surface area contributed by atoms with Crippen LogP contribution in [-0.2, 0) is 0 Å². The molecule has 0 bridgehead atoms. The molecule has 1 heterocycles. The molecule has 1 fully saturated rings. The van der Waals surface area contributed by atoms with Crippen molar-refractivity contribution in [1.29, 1.82) is 0 Å². The molecular weight excluding hydrogens is 166 g/mol. The minimum absolute atomic E-state index is 0.134. The zero-order valence-electron chi connectivity index (χ0n) is 8.61. The first kappa shape index (κ1) is 11.0. The fourth-order valence-electron chi connectivity index (χ4n) is 1.87. The van der Waals surface area contributed by atoms with Gasteiger partial charge < -0.3 is 10.2 Å². The summed E-state index contributed by atoms with van der Waals surface area (Å²) in [5.41, 5.74) is 0. The number of piperidine rings is 1. The van der Waals surface area contributed by atoms with Crippen LogP contribution in [0.4, 0.5) is 0 Å². The van der Waals surface area contributed by atoms with Crippen molar-refractivity contribution in [2.45, 2.75) is 51.4 Å². The Morgan fingerprint density at radius 3 is 2.77 bits per heavy atom. The lowest BCUT2D eigenvalue weighted by molar-refractivity contribution is 0.0195. The molecule has 13 heavy (non-hydrogen) atoms. The highest BCUT2D eigenvalue weighted by molar-refractivity contribution is 4.79. The molecule has 1 rings (SSSR count). The van der Waals surface area contributed by atoms with Gasteiger partial charge in [-0.2, -0.15) is 0 Å². The van der Waals surface area contributed by atoms with Crippen molar-refractivity contribution in [3.8, 4) is 0 Å². The van der Waals surface area contributed by atoms with Crippen LogP contribution in [0.3, 0.4) is 0 Å². The first-order valence-corrected chi connectivity index (χ1v) is 5.23. The summed E-state index contributed by atoms with van der Waals surface area (Å²) < 4.78 is 0. The molecule has 1 aliphatic rings. The van der Waals surface area contributed by atoms with E-state index < -0.39 is 0 Å². The zero-order valence-corrected chi connectivity index (χ0v) is 8.61. The Labute approximate surface area is 80.4 Å². The average Bonchev–Trinajstić information content (AvgIpc) is 2.09. The molecule has 78 valence electrons. The van der Waals surface area contributed by atoms with Crippen molar-refractivity contribution in [2.75, 3.05) is 13.1 Å². The van der Waals surface area contributed by atoms with Gasteiger partial charge in [-0.1, -0.05) is 6.92 Å². The molecule has 3 heteroatoms. The fraction of sp³-hybridized carbons (Fsp3) is 1.00. The second kappa shape index (κ2) is 4.94. The topological polar surface area (TPSA) is 43.7 Å². The van der Waals surface area contributed by atoms with E-state index in [1.54, 1.807) is 0 Å². The van der Waals surface area contributed by atoms with Crippen LogP contribution in [0, 0.1) is 0 Å². The van der Waals surface area contributed by atoms with Gasteiger partial charge in [0, 0.05) is 19.1 Å². The van der Waals surface area contributed by atoms with Gasteiger partial charge in [-0.25, -0.2) is 0 Å². The van der Waals surface area contributed by atoms with Crippen LogP contribution in [0.25, 0.3) is 0 Å². The smallest absolute Gasteiger partial charge is 0.0664 e. The Balaban J connectivity index is 2.33. The number of hydrogen-bond acceptors (Lipinski definition) is 3. The molecule has 0 amide bonds. The van der Waals surface area contributed by atoms with E-state index in [4.69, 9.17) is 0 Å². The summed E-state index contributed by atoms with van der Waals surface area (Å²) in [6, 6.07) is 0.407. The molecule has 3 nitrogen and oxygen atoms in total. The summed E-state index contributed by atoms with van der Waals surface area (Å²) in [5.74, 6) is 0. The van der Waals surface area contributed by atoms with Crippen LogP contribution in [0.2, 0.25) is 0 Å². The molecule has 2 N–H and O–H groups in total. The SMILES string of the molecule is CC[C@H](O)CN1CC[C@H](O)C[C@@H]1C. The highest BCUT2D eigenvalue weighted by atomic mass is 16.3. The van der Waals surface area contributed by atoms with E-state index in [1.165, 1.54) is 0 Å². The molecule has 1 saturated heterocycles. The van der Waals surface area contributed by atoms with Crippen LogP contribution < -0.4 is 0 Å². The van der Waals surface area contributed by atoms with Gasteiger partial charge in [0.1, 0.15) is 0 Å². The Bertz CT molecular complexity index is 152. The molecule has 0 saturated carbocycles. The maximum Gasteiger partial charge on any atom is 0.0664 e. The minimum atomic E-state index is -0.210. The lowest BCUT2D eigenvalue weighted by Gasteiger charge is -2.36. The number of β-amino-alcohol motifs (C(OH)–C–C–N with tert-alkyl or cyclic N) is 1. The maximum atomic E-state index is 9.49. The van der Waals surface area contributed by atoms with E-state index in [-0.39, 0.29) is 12.2 Å². The molecule has 0 spiro atoms. The number of aliphatic hydroxyl groups excluding tert-OH is 2. The van der Waals surface area contributed by atoms with Crippen LogP contribution in [0.5, 0.6) is 0 Å². The summed E-state index contributed by atoms with van der Waals surface area (Å²) in [6.07, 6.45) is 2.16. The van der Waals surface area contributed by atoms with Crippen LogP contribution in [0.15, 0.2) is 0 Å². The van der Waals surface area contributed by atoms with Crippen molar-refractivity contribution in [3.63, 3.8) is 0 Å². The van der Waals surface area contributed by atoms with Gasteiger partial charge in [0.15, 0.2) is 0 Å². The maximum absolute atomic E-state index is 9.49. The first-order chi connectivity index (χ1) is 6.13. The molecule has 3 atom stereocenters. The summed E-state index contributed by atoms with van der Waals surface area (Å²) >= 11 is 0. The Morgan fingerprint density at radius 1 is 1.54 bits per heavy atom. The van der Waals surface area contributed by atoms with E-state index in [0.29, 0.717) is 6.04 Å². The summed E-state index contributed by atoms with van der Waals surface area (Å²) in [7, 11) is 0. The molecule has 0 aromatic rings. The minimum Gasteiger partial charge on any atom is -0.393 e. The van der Waals surface area contributed by atoms with Crippen LogP contribution >= 0.6 is 0 Å². The van der Waals surface area contributed by atoms with Gasteiger partial charge in [-0.05, 0) is 26.2 Å². The third-order valence-corrected chi connectivity index (χ3v) is 2.90. The van der Waals surface area contributed by atoms with Crippen molar-refractivity contribution in [2.24, 2.45) is 0 Å². The number of likely N-dealkylation sites (tertiary alicyclic amines) is 1. The molecule has 0 radical (unpaired) electrons. The van der Waals surface area contributed by atoms with Crippen molar-refractivity contribution < 1.29 is 10.2 Å². The highest BCUT2D eigenvalue weighted by Gasteiger charge is 2.24. The van der Waals surface area contributed by atoms with Crippen molar-refractivity contribution in [1.82, 2.24) is 4.90 Å². The van der Waals surface area contributed by atoms with E-state index in [1.807, 2.05) is 6.92 Å². The van der Waals surface area contributed by atoms with Crippen molar-refractivity contribution >= 4 is 0 Å². The van der Waals surface area contributed by atoms with Gasteiger partial charge in [-0.15, -0.1) is 0 Å². The van der Waals surface area contributed by atoms with E-state index in [9.17, 15) is 10.2 Å². The van der Waals surface area contributed by atoms with Gasteiger partial charge in [0.05, 0.1) is 12.2 Å². The van der Waals surface area contributed by atoms with Crippen molar-refractivity contribution in [3.05, 3.63) is 0 Å². The average molecular weight is 187 g/mol. The predicted octanol–water partition coefficient (Wildman–Crippen LogP) is 0.602. The summed E-state index contributed by atoms with van der Waals surface area (Å²) in [5, 5.41) is 18.9. The van der Waals surface area contributed by atoms with Gasteiger partial charge >= 0.3 is 0 Å². The Hall–Kier alpha value is -0.120.